The average molecular weight is 114 g/mol. The van der Waals surface area contributed by atoms with E-state index in [0.717, 1.165) is 6.54 Å². The highest BCUT2D eigenvalue weighted by Gasteiger charge is 2.10. The van der Waals surface area contributed by atoms with Gasteiger partial charge in [0.15, 0.2) is 0 Å². The maximum Gasteiger partial charge on any atom is 0.222 e. The normalized spacial score (nSPS) is 29.6. The molecule has 0 aromatic heterocycles. The first kappa shape index (κ1) is 5.56. The molecule has 2 N–H and O–H groups in total. The van der Waals surface area contributed by atoms with Crippen molar-refractivity contribution in [3.8, 4) is 0 Å². The van der Waals surface area contributed by atoms with E-state index in [2.05, 4.69) is 10.6 Å². The highest BCUT2D eigenvalue weighted by Crippen LogP contribution is 1.87. The number of rotatable bonds is 0. The fourth-order valence-corrected chi connectivity index (χ4v) is 0.767. The van der Waals surface area contributed by atoms with Crippen molar-refractivity contribution < 1.29 is 4.79 Å². The largest absolute Gasteiger partial charge is 0.341 e. The smallest absolute Gasteiger partial charge is 0.222 e. The first-order valence-corrected chi connectivity index (χ1v) is 2.82. The predicted octanol–water partition coefficient (Wildman–Crippen LogP) is -0.558. The van der Waals surface area contributed by atoms with Crippen LogP contribution >= 0.6 is 0 Å². The van der Waals surface area contributed by atoms with Crippen molar-refractivity contribution in [1.82, 2.24) is 10.6 Å². The third-order valence-electron chi connectivity index (χ3n) is 1.18. The molecule has 1 rings (SSSR count). The van der Waals surface area contributed by atoms with Gasteiger partial charge in [-0.25, -0.2) is 0 Å². The molecular formula is C5H10N2O. The van der Waals surface area contributed by atoms with Gasteiger partial charge in [-0.1, -0.05) is 0 Å². The second kappa shape index (κ2) is 2.13. The van der Waals surface area contributed by atoms with Crippen LogP contribution in [0.25, 0.3) is 0 Å². The standard InChI is InChI=1S/C5H10N2O/c1-4-6-3-2-5(8)7-4/h4,6H,2-3H2,1H3,(H,7,8). The van der Waals surface area contributed by atoms with Crippen LogP contribution in [0.4, 0.5) is 0 Å². The van der Waals surface area contributed by atoms with Gasteiger partial charge in [-0.15, -0.1) is 0 Å². The number of nitrogens with one attached hydrogen (secondary N) is 2. The van der Waals surface area contributed by atoms with Crippen LogP contribution in [-0.4, -0.2) is 18.6 Å². The summed E-state index contributed by atoms with van der Waals surface area (Å²) in [6.07, 6.45) is 0.779. The van der Waals surface area contributed by atoms with Crippen molar-refractivity contribution in [3.05, 3.63) is 0 Å². The summed E-state index contributed by atoms with van der Waals surface area (Å²) >= 11 is 0. The summed E-state index contributed by atoms with van der Waals surface area (Å²) in [5.74, 6) is 0.149. The van der Waals surface area contributed by atoms with Crippen molar-refractivity contribution in [2.75, 3.05) is 6.54 Å². The van der Waals surface area contributed by atoms with E-state index in [9.17, 15) is 4.79 Å². The molecule has 8 heavy (non-hydrogen) atoms. The minimum atomic E-state index is 0.149. The molecule has 0 bridgehead atoms. The van der Waals surface area contributed by atoms with Crippen LogP contribution in [0.5, 0.6) is 0 Å². The Kier molecular flexibility index (Phi) is 1.48. The summed E-state index contributed by atoms with van der Waals surface area (Å²) in [7, 11) is 0. The van der Waals surface area contributed by atoms with Gasteiger partial charge in [0.05, 0.1) is 6.17 Å². The van der Waals surface area contributed by atoms with E-state index < -0.39 is 0 Å². The molecule has 1 heterocycles. The molecule has 1 unspecified atom stereocenters. The van der Waals surface area contributed by atoms with Crippen molar-refractivity contribution in [2.24, 2.45) is 0 Å². The van der Waals surface area contributed by atoms with Crippen LogP contribution in [0.3, 0.4) is 0 Å². The summed E-state index contributed by atoms with van der Waals surface area (Å²) in [5.41, 5.74) is 0. The zero-order valence-electron chi connectivity index (χ0n) is 4.90. The maximum atomic E-state index is 10.5. The van der Waals surface area contributed by atoms with Crippen LogP contribution in [-0.2, 0) is 4.79 Å². The zero-order valence-corrected chi connectivity index (χ0v) is 4.90. The number of hydrogen-bond acceptors (Lipinski definition) is 2. The molecule has 0 aromatic carbocycles. The molecule has 3 nitrogen and oxygen atoms in total. The first-order chi connectivity index (χ1) is 3.79. The molecule has 3 heteroatoms. The molecule has 0 saturated carbocycles. The molecule has 0 radical (unpaired) electrons. The minimum Gasteiger partial charge on any atom is -0.341 e. The molecule has 1 aliphatic rings. The third kappa shape index (κ3) is 1.20. The lowest BCUT2D eigenvalue weighted by atomic mass is 10.3. The Morgan fingerprint density at radius 3 is 2.88 bits per heavy atom. The molecule has 1 atom stereocenters. The lowest BCUT2D eigenvalue weighted by molar-refractivity contribution is -0.123. The topological polar surface area (TPSA) is 41.1 Å². The van der Waals surface area contributed by atoms with Gasteiger partial charge in [0.1, 0.15) is 0 Å². The highest BCUT2D eigenvalue weighted by atomic mass is 16.1. The number of hydrogen-bond donors (Lipinski definition) is 2. The van der Waals surface area contributed by atoms with Gasteiger partial charge in [0.2, 0.25) is 5.91 Å². The van der Waals surface area contributed by atoms with E-state index in [4.69, 9.17) is 0 Å². The van der Waals surface area contributed by atoms with Crippen LogP contribution in [0.1, 0.15) is 13.3 Å². The van der Waals surface area contributed by atoms with Crippen molar-refractivity contribution in [3.63, 3.8) is 0 Å². The fourth-order valence-electron chi connectivity index (χ4n) is 0.767. The quantitative estimate of drug-likeness (QED) is 0.443. The Morgan fingerprint density at radius 1 is 1.75 bits per heavy atom. The van der Waals surface area contributed by atoms with E-state index in [1.165, 1.54) is 0 Å². The molecule has 0 spiro atoms. The van der Waals surface area contributed by atoms with Gasteiger partial charge in [-0.3, -0.25) is 10.1 Å². The Labute approximate surface area is 48.5 Å². The number of amides is 1. The minimum absolute atomic E-state index is 0.149. The maximum absolute atomic E-state index is 10.5. The summed E-state index contributed by atoms with van der Waals surface area (Å²) in [6.45, 7) is 2.74. The number of carbonyl (C=O) groups excluding carboxylic acids is 1. The Bertz CT molecular complexity index is 103. The number of carbonyl (C=O) groups is 1. The fraction of sp³-hybridized carbons (Fsp3) is 0.800. The van der Waals surface area contributed by atoms with Crippen molar-refractivity contribution >= 4 is 5.91 Å². The lowest BCUT2D eigenvalue weighted by Gasteiger charge is -2.20. The van der Waals surface area contributed by atoms with Crippen molar-refractivity contribution in [1.29, 1.82) is 0 Å². The monoisotopic (exact) mass is 114 g/mol. The van der Waals surface area contributed by atoms with Gasteiger partial charge in [-0.2, -0.15) is 0 Å². The molecule has 0 aliphatic carbocycles. The van der Waals surface area contributed by atoms with Gasteiger partial charge >= 0.3 is 0 Å². The highest BCUT2D eigenvalue weighted by molar-refractivity contribution is 5.77. The third-order valence-corrected chi connectivity index (χ3v) is 1.18. The summed E-state index contributed by atoms with van der Waals surface area (Å²) in [4.78, 5) is 10.5. The molecule has 46 valence electrons. The SMILES string of the molecule is CC1NCCC(=O)N1. The van der Waals surface area contributed by atoms with Crippen LogP contribution < -0.4 is 10.6 Å². The van der Waals surface area contributed by atoms with Gasteiger partial charge in [0, 0.05) is 13.0 Å². The Hall–Kier alpha value is -0.570. The van der Waals surface area contributed by atoms with Crippen LogP contribution in [0, 0.1) is 0 Å². The summed E-state index contributed by atoms with van der Waals surface area (Å²) < 4.78 is 0. The Morgan fingerprint density at radius 2 is 2.50 bits per heavy atom. The van der Waals surface area contributed by atoms with E-state index in [-0.39, 0.29) is 12.1 Å². The average Bonchev–Trinajstić information content (AvgIpc) is 1.64. The molecule has 1 amide bonds. The lowest BCUT2D eigenvalue weighted by Crippen LogP contribution is -2.49. The molecule has 1 fully saturated rings. The Balaban J connectivity index is 2.34. The molecular weight excluding hydrogens is 104 g/mol. The molecule has 1 aliphatic heterocycles. The van der Waals surface area contributed by atoms with Gasteiger partial charge < -0.3 is 5.32 Å². The predicted molar refractivity (Wildman–Crippen MR) is 30.2 cm³/mol. The van der Waals surface area contributed by atoms with Crippen LogP contribution in [0.2, 0.25) is 0 Å². The van der Waals surface area contributed by atoms with E-state index in [1.54, 1.807) is 0 Å². The second-order valence-electron chi connectivity index (χ2n) is 1.99. The molecule has 0 aromatic rings. The van der Waals surface area contributed by atoms with Crippen molar-refractivity contribution in [2.45, 2.75) is 19.5 Å². The van der Waals surface area contributed by atoms with E-state index >= 15 is 0 Å². The van der Waals surface area contributed by atoms with Crippen LogP contribution in [0.15, 0.2) is 0 Å². The zero-order chi connectivity index (χ0) is 5.98. The summed E-state index contributed by atoms with van der Waals surface area (Å²) in [5, 5.41) is 5.81. The van der Waals surface area contributed by atoms with Gasteiger partial charge in [0.25, 0.3) is 0 Å². The second-order valence-corrected chi connectivity index (χ2v) is 1.99. The van der Waals surface area contributed by atoms with E-state index in [0.29, 0.717) is 6.42 Å². The molecule has 1 saturated heterocycles. The van der Waals surface area contributed by atoms with Gasteiger partial charge in [-0.05, 0) is 6.92 Å². The first-order valence-electron chi connectivity index (χ1n) is 2.82. The van der Waals surface area contributed by atoms with E-state index in [1.807, 2.05) is 6.92 Å². The summed E-state index contributed by atoms with van der Waals surface area (Å²) in [6, 6.07) is 0.